The fourth-order valence-electron chi connectivity index (χ4n) is 1.98. The Labute approximate surface area is 126 Å². The number of nitrogens with one attached hydrogen (secondary N) is 1. The van der Waals surface area contributed by atoms with Crippen LogP contribution in [0, 0.1) is 0 Å². The summed E-state index contributed by atoms with van der Waals surface area (Å²) in [5.41, 5.74) is 0. The highest BCUT2D eigenvalue weighted by Gasteiger charge is 2.24. The molecule has 2 rings (SSSR count). The van der Waals surface area contributed by atoms with E-state index in [0.29, 0.717) is 12.6 Å². The minimum absolute atomic E-state index is 0.206. The molecule has 0 atom stereocenters. The summed E-state index contributed by atoms with van der Waals surface area (Å²) in [4.78, 5) is 0.206. The first-order chi connectivity index (χ1) is 10.1. The molecule has 21 heavy (non-hydrogen) atoms. The number of hydrogen-bond donors (Lipinski definition) is 1. The molecule has 116 valence electrons. The van der Waals surface area contributed by atoms with Crippen molar-refractivity contribution in [2.45, 2.75) is 30.3 Å². The van der Waals surface area contributed by atoms with Gasteiger partial charge in [-0.25, -0.2) is 8.42 Å². The molecule has 0 aliphatic heterocycles. The van der Waals surface area contributed by atoms with Crippen molar-refractivity contribution >= 4 is 10.0 Å². The van der Waals surface area contributed by atoms with Gasteiger partial charge in [-0.1, -0.05) is 12.2 Å². The minimum atomic E-state index is -3.55. The third-order valence-corrected chi connectivity index (χ3v) is 5.05. The molecule has 0 spiro atoms. The topological polar surface area (TPSA) is 67.2 Å². The molecule has 1 heterocycles. The fraction of sp³-hybridized carbons (Fsp3) is 0.500. The largest absolute Gasteiger partial charge is 0.312 e. The van der Waals surface area contributed by atoms with Gasteiger partial charge in [-0.05, 0) is 12.8 Å². The predicted octanol–water partition coefficient (Wildman–Crippen LogP) is 0.998. The first-order valence-electron chi connectivity index (χ1n) is 7.05. The van der Waals surface area contributed by atoms with Gasteiger partial charge in [0.1, 0.15) is 4.90 Å². The summed E-state index contributed by atoms with van der Waals surface area (Å²) >= 11 is 0. The lowest BCUT2D eigenvalue weighted by Gasteiger charge is -2.17. The standard InChI is InChI=1S/C14H22N4O2S/c1-3-8-18(9-4-2)21(19,20)14-11-16-17(12-14)10-7-15-13-5-6-13/h3-4,11-13,15H,1-2,5-10H2. The van der Waals surface area contributed by atoms with Gasteiger partial charge < -0.3 is 5.32 Å². The monoisotopic (exact) mass is 310 g/mol. The molecule has 0 amide bonds. The molecular weight excluding hydrogens is 288 g/mol. The number of rotatable bonds is 10. The van der Waals surface area contributed by atoms with Gasteiger partial charge >= 0.3 is 0 Å². The molecule has 1 saturated carbocycles. The van der Waals surface area contributed by atoms with Crippen LogP contribution in [0.15, 0.2) is 42.6 Å². The van der Waals surface area contributed by atoms with Crippen molar-refractivity contribution in [3.63, 3.8) is 0 Å². The molecule has 0 bridgehead atoms. The van der Waals surface area contributed by atoms with Crippen LogP contribution in [-0.4, -0.2) is 48.2 Å². The van der Waals surface area contributed by atoms with Gasteiger partial charge in [-0.3, -0.25) is 4.68 Å². The second-order valence-corrected chi connectivity index (χ2v) is 7.00. The lowest BCUT2D eigenvalue weighted by atomic mass is 10.5. The highest BCUT2D eigenvalue weighted by molar-refractivity contribution is 7.89. The zero-order valence-electron chi connectivity index (χ0n) is 12.1. The maximum atomic E-state index is 12.5. The van der Waals surface area contributed by atoms with E-state index in [1.807, 2.05) is 0 Å². The second-order valence-electron chi connectivity index (χ2n) is 5.07. The van der Waals surface area contributed by atoms with Crippen LogP contribution in [0.5, 0.6) is 0 Å². The Balaban J connectivity index is 2.02. The molecule has 1 aliphatic carbocycles. The van der Waals surface area contributed by atoms with E-state index in [2.05, 4.69) is 23.6 Å². The minimum Gasteiger partial charge on any atom is -0.312 e. The van der Waals surface area contributed by atoms with Crippen LogP contribution in [0.25, 0.3) is 0 Å². The zero-order valence-corrected chi connectivity index (χ0v) is 12.9. The average Bonchev–Trinajstić information content (AvgIpc) is 3.14. The maximum absolute atomic E-state index is 12.5. The SMILES string of the molecule is C=CCN(CC=C)S(=O)(=O)c1cnn(CCNC2CC2)c1. The number of nitrogens with zero attached hydrogens (tertiary/aromatic N) is 3. The van der Waals surface area contributed by atoms with Crippen molar-refractivity contribution in [1.82, 2.24) is 19.4 Å². The third kappa shape index (κ3) is 4.26. The summed E-state index contributed by atoms with van der Waals surface area (Å²) in [6, 6.07) is 0.638. The summed E-state index contributed by atoms with van der Waals surface area (Å²) in [5, 5.41) is 7.49. The van der Waals surface area contributed by atoms with E-state index in [4.69, 9.17) is 0 Å². The summed E-state index contributed by atoms with van der Waals surface area (Å²) in [6.45, 7) is 9.14. The van der Waals surface area contributed by atoms with E-state index in [1.54, 1.807) is 23.0 Å². The molecular formula is C14H22N4O2S. The van der Waals surface area contributed by atoms with Gasteiger partial charge in [0.15, 0.2) is 0 Å². The highest BCUT2D eigenvalue weighted by Crippen LogP contribution is 2.18. The Morgan fingerprint density at radius 1 is 1.38 bits per heavy atom. The van der Waals surface area contributed by atoms with Crippen molar-refractivity contribution in [2.75, 3.05) is 19.6 Å². The van der Waals surface area contributed by atoms with Crippen LogP contribution in [0.1, 0.15) is 12.8 Å². The Bertz CT molecular complexity index is 580. The molecule has 1 aromatic heterocycles. The Kier molecular flexibility index (Phi) is 5.33. The molecule has 1 aromatic rings. The summed E-state index contributed by atoms with van der Waals surface area (Å²) in [5.74, 6) is 0. The number of hydrogen-bond acceptors (Lipinski definition) is 4. The van der Waals surface area contributed by atoms with Crippen molar-refractivity contribution in [1.29, 1.82) is 0 Å². The van der Waals surface area contributed by atoms with E-state index < -0.39 is 10.0 Å². The van der Waals surface area contributed by atoms with Crippen LogP contribution in [0.3, 0.4) is 0 Å². The van der Waals surface area contributed by atoms with Gasteiger partial charge in [0, 0.05) is 31.9 Å². The summed E-state index contributed by atoms with van der Waals surface area (Å²) in [6.07, 6.45) is 8.55. The molecule has 1 fully saturated rings. The molecule has 0 radical (unpaired) electrons. The zero-order chi connectivity index (χ0) is 15.3. The van der Waals surface area contributed by atoms with Gasteiger partial charge in [0.05, 0.1) is 12.7 Å². The van der Waals surface area contributed by atoms with Gasteiger partial charge in [0.25, 0.3) is 0 Å². The lowest BCUT2D eigenvalue weighted by molar-refractivity contribution is 0.474. The van der Waals surface area contributed by atoms with E-state index in [-0.39, 0.29) is 18.0 Å². The van der Waals surface area contributed by atoms with Crippen LogP contribution >= 0.6 is 0 Å². The molecule has 6 nitrogen and oxygen atoms in total. The average molecular weight is 310 g/mol. The van der Waals surface area contributed by atoms with E-state index in [1.165, 1.54) is 23.3 Å². The van der Waals surface area contributed by atoms with Crippen molar-refractivity contribution in [2.24, 2.45) is 0 Å². The number of aromatic nitrogens is 2. The van der Waals surface area contributed by atoms with Gasteiger partial charge in [-0.15, -0.1) is 13.2 Å². The van der Waals surface area contributed by atoms with Crippen LogP contribution < -0.4 is 5.32 Å². The molecule has 7 heteroatoms. The van der Waals surface area contributed by atoms with Crippen molar-refractivity contribution in [3.05, 3.63) is 37.7 Å². The molecule has 1 N–H and O–H groups in total. The number of sulfonamides is 1. The first-order valence-corrected chi connectivity index (χ1v) is 8.49. The maximum Gasteiger partial charge on any atom is 0.246 e. The molecule has 0 aromatic carbocycles. The van der Waals surface area contributed by atoms with E-state index in [9.17, 15) is 8.42 Å². The quantitative estimate of drug-likeness (QED) is 0.655. The molecule has 0 saturated heterocycles. The van der Waals surface area contributed by atoms with Crippen molar-refractivity contribution < 1.29 is 8.42 Å². The fourth-order valence-corrected chi connectivity index (χ4v) is 3.32. The Morgan fingerprint density at radius 2 is 2.05 bits per heavy atom. The summed E-state index contributed by atoms with van der Waals surface area (Å²) < 4.78 is 27.9. The summed E-state index contributed by atoms with van der Waals surface area (Å²) in [7, 11) is -3.55. The van der Waals surface area contributed by atoms with Crippen LogP contribution in [0.2, 0.25) is 0 Å². The highest BCUT2D eigenvalue weighted by atomic mass is 32.2. The van der Waals surface area contributed by atoms with E-state index >= 15 is 0 Å². The smallest absolute Gasteiger partial charge is 0.246 e. The van der Waals surface area contributed by atoms with E-state index in [0.717, 1.165) is 6.54 Å². The van der Waals surface area contributed by atoms with Crippen molar-refractivity contribution in [3.8, 4) is 0 Å². The van der Waals surface area contributed by atoms with Crippen LogP contribution in [-0.2, 0) is 16.6 Å². The normalized spacial score (nSPS) is 15.3. The first kappa shape index (κ1) is 15.9. The molecule has 0 unspecified atom stereocenters. The predicted molar refractivity (Wildman–Crippen MR) is 82.4 cm³/mol. The van der Waals surface area contributed by atoms with Gasteiger partial charge in [-0.2, -0.15) is 9.40 Å². The third-order valence-electron chi connectivity index (χ3n) is 3.26. The Morgan fingerprint density at radius 3 is 2.62 bits per heavy atom. The van der Waals surface area contributed by atoms with Gasteiger partial charge in [0.2, 0.25) is 10.0 Å². The molecule has 1 aliphatic rings. The second kappa shape index (κ2) is 7.02. The lowest BCUT2D eigenvalue weighted by Crippen LogP contribution is -2.31. The Hall–Kier alpha value is -1.44. The van der Waals surface area contributed by atoms with Crippen LogP contribution in [0.4, 0.5) is 0 Å².